The average molecular weight is 572 g/mol. The molecule has 5 rings (SSSR count). The lowest BCUT2D eigenvalue weighted by atomic mass is 9.96. The molecule has 212 valence electrons. The van der Waals surface area contributed by atoms with Gasteiger partial charge in [-0.1, -0.05) is 12.1 Å². The molecule has 4 aromatic rings. The molecular formula is C28H22F5N5O3. The number of alkyl halides is 3. The molecule has 2 heterocycles. The topological polar surface area (TPSA) is 105 Å². The summed E-state index contributed by atoms with van der Waals surface area (Å²) in [5, 5.41) is 8.96. The molecule has 0 bridgehead atoms. The summed E-state index contributed by atoms with van der Waals surface area (Å²) >= 11 is 0. The van der Waals surface area contributed by atoms with E-state index in [2.05, 4.69) is 20.7 Å². The number of aromatic nitrogens is 3. The number of hydrogen-bond acceptors (Lipinski definition) is 5. The number of ketones is 1. The van der Waals surface area contributed by atoms with Crippen LogP contribution in [0.4, 0.5) is 22.0 Å². The Hall–Kier alpha value is -4.68. The van der Waals surface area contributed by atoms with E-state index in [0.717, 1.165) is 33.5 Å². The lowest BCUT2D eigenvalue weighted by molar-refractivity contribution is -0.137. The van der Waals surface area contributed by atoms with Crippen molar-refractivity contribution >= 4 is 23.2 Å². The Labute approximate surface area is 229 Å². The van der Waals surface area contributed by atoms with Crippen molar-refractivity contribution in [1.29, 1.82) is 0 Å². The first-order valence-electron chi connectivity index (χ1n) is 12.5. The van der Waals surface area contributed by atoms with Crippen molar-refractivity contribution in [2.75, 3.05) is 0 Å². The lowest BCUT2D eigenvalue weighted by Gasteiger charge is -2.16. The second-order valence-corrected chi connectivity index (χ2v) is 9.67. The maximum absolute atomic E-state index is 14.4. The first-order chi connectivity index (χ1) is 19.3. The number of hydrogen-bond donors (Lipinski definition) is 2. The van der Waals surface area contributed by atoms with Crippen molar-refractivity contribution in [2.24, 2.45) is 0 Å². The number of halogens is 5. The molecule has 2 N–H and O–H groups in total. The molecule has 41 heavy (non-hydrogen) atoms. The summed E-state index contributed by atoms with van der Waals surface area (Å²) in [5.74, 6) is -3.62. The molecule has 1 aliphatic rings. The van der Waals surface area contributed by atoms with Crippen LogP contribution in [-0.2, 0) is 19.1 Å². The van der Waals surface area contributed by atoms with Crippen LogP contribution < -0.4 is 10.6 Å². The molecule has 1 atom stereocenters. The maximum atomic E-state index is 14.4. The molecule has 2 aromatic carbocycles. The summed E-state index contributed by atoms with van der Waals surface area (Å²) in [6, 6.07) is 5.90. The number of fused-ring (bicyclic) bond motifs is 2. The molecule has 0 unspecified atom stereocenters. The Morgan fingerprint density at radius 3 is 2.51 bits per heavy atom. The minimum absolute atomic E-state index is 0.0701. The molecule has 0 saturated heterocycles. The van der Waals surface area contributed by atoms with E-state index in [1.54, 1.807) is 12.1 Å². The van der Waals surface area contributed by atoms with Gasteiger partial charge >= 0.3 is 6.18 Å². The predicted molar refractivity (Wildman–Crippen MR) is 135 cm³/mol. The normalized spacial score (nSPS) is 14.7. The highest BCUT2D eigenvalue weighted by atomic mass is 19.4. The van der Waals surface area contributed by atoms with Gasteiger partial charge in [0.05, 0.1) is 17.8 Å². The first kappa shape index (κ1) is 27.9. The van der Waals surface area contributed by atoms with Gasteiger partial charge in [-0.2, -0.15) is 18.3 Å². The third kappa shape index (κ3) is 5.26. The highest BCUT2D eigenvalue weighted by Crippen LogP contribution is 2.35. The van der Waals surface area contributed by atoms with Crippen LogP contribution in [0, 0.1) is 18.6 Å². The molecule has 0 spiro atoms. The molecule has 0 radical (unpaired) electrons. The monoisotopic (exact) mass is 571 g/mol. The summed E-state index contributed by atoms with van der Waals surface area (Å²) in [4.78, 5) is 42.0. The molecule has 0 saturated carbocycles. The van der Waals surface area contributed by atoms with Gasteiger partial charge in [0.25, 0.3) is 11.8 Å². The van der Waals surface area contributed by atoms with Crippen molar-refractivity contribution in [1.82, 2.24) is 25.2 Å². The Bertz CT molecular complexity index is 1730. The number of carbonyl (C=O) groups excluding carboxylic acids is 3. The fourth-order valence-electron chi connectivity index (χ4n) is 5.01. The van der Waals surface area contributed by atoms with Gasteiger partial charge in [0.2, 0.25) is 0 Å². The summed E-state index contributed by atoms with van der Waals surface area (Å²) in [6.07, 6.45) is -2.73. The van der Waals surface area contributed by atoms with Gasteiger partial charge in [0.1, 0.15) is 17.2 Å². The van der Waals surface area contributed by atoms with E-state index in [1.165, 1.54) is 6.92 Å². The Balaban J connectivity index is 1.40. The zero-order chi connectivity index (χ0) is 29.6. The first-order valence-corrected chi connectivity index (χ1v) is 12.5. The number of carbonyl (C=O) groups is 3. The quantitative estimate of drug-likeness (QED) is 0.254. The number of nitrogens with one attached hydrogen (secondary N) is 2. The second-order valence-electron chi connectivity index (χ2n) is 9.67. The smallest absolute Gasteiger partial charge is 0.347 e. The van der Waals surface area contributed by atoms with Crippen LogP contribution in [0.5, 0.6) is 0 Å². The zero-order valence-electron chi connectivity index (χ0n) is 21.7. The highest BCUT2D eigenvalue weighted by molar-refractivity contribution is 5.99. The minimum atomic E-state index is -4.71. The molecule has 2 aromatic heterocycles. The Morgan fingerprint density at radius 2 is 1.80 bits per heavy atom. The fraction of sp³-hybridized carbons (Fsp3) is 0.250. The van der Waals surface area contributed by atoms with Gasteiger partial charge in [-0.15, -0.1) is 0 Å². The van der Waals surface area contributed by atoms with Gasteiger partial charge < -0.3 is 10.6 Å². The molecule has 2 amide bonds. The van der Waals surface area contributed by atoms with E-state index in [9.17, 15) is 36.3 Å². The van der Waals surface area contributed by atoms with Crippen LogP contribution in [0.15, 0.2) is 42.6 Å². The second kappa shape index (κ2) is 10.4. The number of rotatable bonds is 6. The predicted octanol–water partition coefficient (Wildman–Crippen LogP) is 4.88. The number of amides is 2. The van der Waals surface area contributed by atoms with Crippen LogP contribution in [0.2, 0.25) is 0 Å². The van der Waals surface area contributed by atoms with Crippen molar-refractivity contribution in [3.8, 4) is 0 Å². The summed E-state index contributed by atoms with van der Waals surface area (Å²) in [7, 11) is 0. The summed E-state index contributed by atoms with van der Waals surface area (Å²) in [6.45, 7) is 2.70. The van der Waals surface area contributed by atoms with Crippen LogP contribution in [0.3, 0.4) is 0 Å². The Kier molecular flexibility index (Phi) is 7.05. The molecule has 1 aliphatic carbocycles. The summed E-state index contributed by atoms with van der Waals surface area (Å²) in [5.41, 5.74) is 0.622. The average Bonchev–Trinajstić information content (AvgIpc) is 3.50. The standard InChI is InChI=1S/C28H22F5N5O3/c1-13-17(14(2)39)4-5-19-18(13)6-8-22(19)37-27(41)24-10-23(36-25-21(30)12-35-38(24)25)26(40)34-11-15-9-16(28(31,32)33)3-7-20(15)29/h3-5,7,9-10,12,22H,6,8,11H2,1-2H3,(H,34,40)(H,37,41)/t22-/m0/s1. The lowest BCUT2D eigenvalue weighted by Crippen LogP contribution is -2.31. The van der Waals surface area contributed by atoms with Gasteiger partial charge in [-0.25, -0.2) is 18.3 Å². The van der Waals surface area contributed by atoms with Crippen LogP contribution >= 0.6 is 0 Å². The SMILES string of the molecule is CC(=O)c1ccc2c(c1C)CC[C@@H]2NC(=O)c1cc(C(=O)NCc2cc(C(F)(F)F)ccc2F)nc2c(F)cnn12. The molecule has 0 fully saturated rings. The van der Waals surface area contributed by atoms with E-state index in [0.29, 0.717) is 36.6 Å². The molecule has 13 heteroatoms. The fourth-order valence-corrected chi connectivity index (χ4v) is 5.01. The third-order valence-corrected chi connectivity index (χ3v) is 7.08. The van der Waals surface area contributed by atoms with E-state index < -0.39 is 64.7 Å². The third-order valence-electron chi connectivity index (χ3n) is 7.08. The van der Waals surface area contributed by atoms with Gasteiger partial charge in [-0.05, 0) is 61.6 Å². The van der Waals surface area contributed by atoms with Crippen molar-refractivity contribution in [3.63, 3.8) is 0 Å². The highest BCUT2D eigenvalue weighted by Gasteiger charge is 2.31. The van der Waals surface area contributed by atoms with Crippen molar-refractivity contribution in [2.45, 2.75) is 45.5 Å². The van der Waals surface area contributed by atoms with E-state index in [1.807, 2.05) is 6.92 Å². The number of nitrogens with zero attached hydrogens (tertiary/aromatic N) is 3. The van der Waals surface area contributed by atoms with Crippen molar-refractivity contribution < 1.29 is 36.3 Å². The van der Waals surface area contributed by atoms with E-state index in [4.69, 9.17) is 0 Å². The van der Waals surface area contributed by atoms with E-state index >= 15 is 0 Å². The van der Waals surface area contributed by atoms with Crippen LogP contribution in [0.1, 0.15) is 78.5 Å². The van der Waals surface area contributed by atoms with Gasteiger partial charge in [0.15, 0.2) is 17.2 Å². The van der Waals surface area contributed by atoms with Gasteiger partial charge in [-0.3, -0.25) is 14.4 Å². The summed E-state index contributed by atoms with van der Waals surface area (Å²) < 4.78 is 68.6. The van der Waals surface area contributed by atoms with Crippen LogP contribution in [0.25, 0.3) is 5.65 Å². The Morgan fingerprint density at radius 1 is 1.05 bits per heavy atom. The molecular weight excluding hydrogens is 549 g/mol. The minimum Gasteiger partial charge on any atom is -0.347 e. The number of Topliss-reactive ketones (excluding diaryl/α,β-unsaturated/α-hetero) is 1. The van der Waals surface area contributed by atoms with Crippen molar-refractivity contribution in [3.05, 3.63) is 99.0 Å². The molecule has 8 nitrogen and oxygen atoms in total. The largest absolute Gasteiger partial charge is 0.416 e. The van der Waals surface area contributed by atoms with Crippen LogP contribution in [-0.4, -0.2) is 32.2 Å². The zero-order valence-corrected chi connectivity index (χ0v) is 21.7. The maximum Gasteiger partial charge on any atom is 0.416 e. The van der Waals surface area contributed by atoms with E-state index in [-0.39, 0.29) is 11.5 Å². The van der Waals surface area contributed by atoms with Gasteiger partial charge in [0, 0.05) is 23.7 Å². The molecule has 0 aliphatic heterocycles. The number of benzene rings is 2.